The topological polar surface area (TPSA) is 62.6 Å². The molecule has 5 nitrogen and oxygen atoms in total. The highest BCUT2D eigenvalue weighted by Gasteiger charge is 2.13. The second kappa shape index (κ2) is 7.40. The first kappa shape index (κ1) is 15.8. The number of rotatable bonds is 6. The molecular formula is C16H17FN2O3. The van der Waals surface area contributed by atoms with Gasteiger partial charge in [-0.25, -0.2) is 4.39 Å². The molecule has 1 aromatic heterocycles. The minimum absolute atomic E-state index is 0.165. The summed E-state index contributed by atoms with van der Waals surface area (Å²) in [6.07, 6.45) is 1.41. The van der Waals surface area contributed by atoms with Crippen LogP contribution in [0.3, 0.4) is 0 Å². The van der Waals surface area contributed by atoms with E-state index in [-0.39, 0.29) is 43.0 Å². The van der Waals surface area contributed by atoms with Gasteiger partial charge in [0.1, 0.15) is 5.82 Å². The number of halogens is 1. The van der Waals surface area contributed by atoms with Crippen LogP contribution in [0.15, 0.2) is 47.1 Å². The van der Waals surface area contributed by atoms with Gasteiger partial charge in [0.2, 0.25) is 5.91 Å². The van der Waals surface area contributed by atoms with Crippen LogP contribution in [0.5, 0.6) is 0 Å². The quantitative estimate of drug-likeness (QED) is 0.890. The van der Waals surface area contributed by atoms with Gasteiger partial charge in [-0.1, -0.05) is 18.2 Å². The smallest absolute Gasteiger partial charge is 0.287 e. The van der Waals surface area contributed by atoms with Crippen molar-refractivity contribution >= 4 is 11.8 Å². The lowest BCUT2D eigenvalue weighted by Gasteiger charge is -2.21. The van der Waals surface area contributed by atoms with E-state index in [0.29, 0.717) is 5.56 Å². The van der Waals surface area contributed by atoms with Crippen LogP contribution in [-0.4, -0.2) is 29.8 Å². The summed E-state index contributed by atoms with van der Waals surface area (Å²) in [6, 6.07) is 9.47. The van der Waals surface area contributed by atoms with Crippen molar-refractivity contribution in [2.75, 3.05) is 13.1 Å². The van der Waals surface area contributed by atoms with E-state index in [0.717, 1.165) is 0 Å². The number of nitrogens with zero attached hydrogens (tertiary/aromatic N) is 1. The van der Waals surface area contributed by atoms with Gasteiger partial charge >= 0.3 is 0 Å². The normalized spacial score (nSPS) is 10.3. The second-order valence-electron chi connectivity index (χ2n) is 4.77. The molecular weight excluding hydrogens is 287 g/mol. The van der Waals surface area contributed by atoms with E-state index in [9.17, 15) is 14.0 Å². The Hall–Kier alpha value is -2.63. The minimum Gasteiger partial charge on any atom is -0.459 e. The van der Waals surface area contributed by atoms with E-state index < -0.39 is 0 Å². The fraction of sp³-hybridized carbons (Fsp3) is 0.250. The maximum atomic E-state index is 13.6. The molecule has 1 heterocycles. The Morgan fingerprint density at radius 2 is 2.00 bits per heavy atom. The van der Waals surface area contributed by atoms with Crippen molar-refractivity contribution in [3.05, 3.63) is 59.8 Å². The van der Waals surface area contributed by atoms with E-state index in [2.05, 4.69) is 5.32 Å². The number of hydrogen-bond acceptors (Lipinski definition) is 3. The number of carbonyl (C=O) groups is 2. The Morgan fingerprint density at radius 1 is 1.23 bits per heavy atom. The van der Waals surface area contributed by atoms with Crippen LogP contribution in [-0.2, 0) is 11.3 Å². The summed E-state index contributed by atoms with van der Waals surface area (Å²) in [4.78, 5) is 24.8. The van der Waals surface area contributed by atoms with Crippen molar-refractivity contribution in [2.45, 2.75) is 13.5 Å². The van der Waals surface area contributed by atoms with Gasteiger partial charge in [-0.05, 0) is 18.2 Å². The monoisotopic (exact) mass is 304 g/mol. The maximum Gasteiger partial charge on any atom is 0.287 e. The third-order valence-electron chi connectivity index (χ3n) is 3.18. The van der Waals surface area contributed by atoms with Crippen LogP contribution in [0.2, 0.25) is 0 Å². The van der Waals surface area contributed by atoms with Gasteiger partial charge in [-0.3, -0.25) is 9.59 Å². The first-order valence-electron chi connectivity index (χ1n) is 6.88. The number of hydrogen-bond donors (Lipinski definition) is 1. The highest BCUT2D eigenvalue weighted by atomic mass is 19.1. The summed E-state index contributed by atoms with van der Waals surface area (Å²) >= 11 is 0. The molecule has 0 aliphatic heterocycles. The number of furan rings is 1. The molecule has 0 unspecified atom stereocenters. The van der Waals surface area contributed by atoms with Gasteiger partial charge in [0, 0.05) is 32.1 Å². The number of nitrogens with one attached hydrogen (secondary N) is 1. The molecule has 6 heteroatoms. The second-order valence-corrected chi connectivity index (χ2v) is 4.77. The largest absolute Gasteiger partial charge is 0.459 e. The fourth-order valence-corrected chi connectivity index (χ4v) is 1.98. The summed E-state index contributed by atoms with van der Waals surface area (Å²) in [5, 5.41) is 2.65. The van der Waals surface area contributed by atoms with Crippen molar-refractivity contribution in [1.82, 2.24) is 10.2 Å². The van der Waals surface area contributed by atoms with Crippen molar-refractivity contribution in [3.63, 3.8) is 0 Å². The molecule has 2 rings (SSSR count). The first-order chi connectivity index (χ1) is 10.6. The summed E-state index contributed by atoms with van der Waals surface area (Å²) in [6.45, 7) is 2.12. The van der Waals surface area contributed by atoms with E-state index in [4.69, 9.17) is 4.42 Å². The van der Waals surface area contributed by atoms with Crippen molar-refractivity contribution < 1.29 is 18.4 Å². The molecule has 2 amide bonds. The molecule has 22 heavy (non-hydrogen) atoms. The molecule has 116 valence electrons. The molecule has 0 bridgehead atoms. The van der Waals surface area contributed by atoms with E-state index in [1.807, 2.05) is 0 Å². The van der Waals surface area contributed by atoms with Crippen LogP contribution < -0.4 is 5.32 Å². The third-order valence-corrected chi connectivity index (χ3v) is 3.18. The Balaban J connectivity index is 1.88. The number of carbonyl (C=O) groups excluding carboxylic acids is 2. The summed E-state index contributed by atoms with van der Waals surface area (Å²) in [5.41, 5.74) is 0.440. The predicted octanol–water partition coefficient (Wildman–Crippen LogP) is 2.20. The molecule has 0 aliphatic rings. The van der Waals surface area contributed by atoms with E-state index in [1.54, 1.807) is 30.3 Å². The predicted molar refractivity (Wildman–Crippen MR) is 78.5 cm³/mol. The van der Waals surface area contributed by atoms with Crippen LogP contribution in [0.1, 0.15) is 23.0 Å². The Morgan fingerprint density at radius 3 is 2.64 bits per heavy atom. The van der Waals surface area contributed by atoms with Crippen molar-refractivity contribution in [3.8, 4) is 0 Å². The van der Waals surface area contributed by atoms with Crippen LogP contribution in [0.4, 0.5) is 4.39 Å². The Labute approximate surface area is 127 Å². The summed E-state index contributed by atoms with van der Waals surface area (Å²) < 4.78 is 18.6. The molecule has 1 aromatic carbocycles. The molecule has 0 aliphatic carbocycles. The van der Waals surface area contributed by atoms with E-state index in [1.165, 1.54) is 24.2 Å². The van der Waals surface area contributed by atoms with Gasteiger partial charge < -0.3 is 14.6 Å². The van der Waals surface area contributed by atoms with Crippen LogP contribution in [0, 0.1) is 5.82 Å². The lowest BCUT2D eigenvalue weighted by atomic mass is 10.2. The Bertz CT molecular complexity index is 641. The van der Waals surface area contributed by atoms with E-state index >= 15 is 0 Å². The zero-order valence-corrected chi connectivity index (χ0v) is 12.2. The molecule has 0 radical (unpaired) electrons. The maximum absolute atomic E-state index is 13.6. The van der Waals surface area contributed by atoms with Crippen molar-refractivity contribution in [2.24, 2.45) is 0 Å². The van der Waals surface area contributed by atoms with Crippen molar-refractivity contribution in [1.29, 1.82) is 0 Å². The molecule has 0 saturated carbocycles. The fourth-order valence-electron chi connectivity index (χ4n) is 1.98. The van der Waals surface area contributed by atoms with Gasteiger partial charge in [0.15, 0.2) is 5.76 Å². The molecule has 1 N–H and O–H groups in total. The van der Waals surface area contributed by atoms with Crippen LogP contribution >= 0.6 is 0 Å². The molecule has 0 atom stereocenters. The number of amides is 2. The first-order valence-corrected chi connectivity index (χ1v) is 6.88. The SMILES string of the molecule is CC(=O)N(CCNC(=O)c1ccco1)Cc1ccccc1F. The lowest BCUT2D eigenvalue weighted by molar-refractivity contribution is -0.129. The van der Waals surface area contributed by atoms with Gasteiger partial charge in [0.05, 0.1) is 6.26 Å². The Kier molecular flexibility index (Phi) is 5.30. The average Bonchev–Trinajstić information content (AvgIpc) is 3.02. The van der Waals surface area contributed by atoms with Gasteiger partial charge in [-0.15, -0.1) is 0 Å². The van der Waals surface area contributed by atoms with Gasteiger partial charge in [0.25, 0.3) is 5.91 Å². The highest BCUT2D eigenvalue weighted by Crippen LogP contribution is 2.09. The highest BCUT2D eigenvalue weighted by molar-refractivity contribution is 5.91. The van der Waals surface area contributed by atoms with Crippen LogP contribution in [0.25, 0.3) is 0 Å². The minimum atomic E-state index is -0.353. The average molecular weight is 304 g/mol. The van der Waals surface area contributed by atoms with Gasteiger partial charge in [-0.2, -0.15) is 0 Å². The standard InChI is InChI=1S/C16H17FN2O3/c1-12(20)19(11-13-5-2-3-6-14(13)17)9-8-18-16(21)15-7-4-10-22-15/h2-7,10H,8-9,11H2,1H3,(H,18,21). The molecule has 0 spiro atoms. The zero-order valence-electron chi connectivity index (χ0n) is 12.2. The summed E-state index contributed by atoms with van der Waals surface area (Å²) in [5.74, 6) is -0.674. The third kappa shape index (κ3) is 4.18. The molecule has 0 saturated heterocycles. The molecule has 0 fully saturated rings. The lowest BCUT2D eigenvalue weighted by Crippen LogP contribution is -2.37. The molecule has 2 aromatic rings. The zero-order chi connectivity index (χ0) is 15.9. The number of benzene rings is 1. The summed E-state index contributed by atoms with van der Waals surface area (Å²) in [7, 11) is 0.